The third kappa shape index (κ3) is 4.70. The summed E-state index contributed by atoms with van der Waals surface area (Å²) in [6.45, 7) is 0. The van der Waals surface area contributed by atoms with Gasteiger partial charge in [0.15, 0.2) is 0 Å². The lowest BCUT2D eigenvalue weighted by Crippen LogP contribution is -2.10. The number of fused-ring (bicyclic) bond motifs is 3. The standard InChI is InChI=1S/C39H30N2/c1-40(39-28-31-12-8-9-17-36(31)37-18-10-11-19-38(37)39)32-24-20-29(21-25-32)30-22-26-35(27-23-30)41(33-13-4-2-5-14-33)34-15-6-3-7-16-34/h2-28H,1H3. The molecule has 7 aromatic carbocycles. The first-order valence-corrected chi connectivity index (χ1v) is 14.0. The molecule has 0 fully saturated rings. The number of hydrogen-bond donors (Lipinski definition) is 0. The lowest BCUT2D eigenvalue weighted by Gasteiger charge is -2.25. The van der Waals surface area contributed by atoms with Gasteiger partial charge < -0.3 is 9.80 Å². The second kappa shape index (κ2) is 10.7. The van der Waals surface area contributed by atoms with Gasteiger partial charge in [-0.3, -0.25) is 0 Å². The minimum absolute atomic E-state index is 1.13. The van der Waals surface area contributed by atoms with Gasteiger partial charge in [-0.05, 0) is 81.9 Å². The largest absolute Gasteiger partial charge is 0.344 e. The van der Waals surface area contributed by atoms with Crippen LogP contribution in [-0.2, 0) is 0 Å². The highest BCUT2D eigenvalue weighted by Gasteiger charge is 2.13. The average molecular weight is 527 g/mol. The molecule has 0 atom stereocenters. The van der Waals surface area contributed by atoms with Crippen molar-refractivity contribution in [2.45, 2.75) is 0 Å². The topological polar surface area (TPSA) is 6.48 Å². The van der Waals surface area contributed by atoms with Gasteiger partial charge in [-0.1, -0.05) is 109 Å². The Balaban J connectivity index is 1.19. The molecular weight excluding hydrogens is 496 g/mol. The van der Waals surface area contributed by atoms with Crippen LogP contribution >= 0.6 is 0 Å². The molecule has 0 amide bonds. The third-order valence-corrected chi connectivity index (χ3v) is 7.85. The number of benzene rings is 7. The van der Waals surface area contributed by atoms with Crippen LogP contribution in [0.4, 0.5) is 28.4 Å². The van der Waals surface area contributed by atoms with E-state index >= 15 is 0 Å². The summed E-state index contributed by atoms with van der Waals surface area (Å²) < 4.78 is 0. The van der Waals surface area contributed by atoms with Gasteiger partial charge >= 0.3 is 0 Å². The molecule has 0 aromatic heterocycles. The van der Waals surface area contributed by atoms with Gasteiger partial charge in [0.05, 0.1) is 0 Å². The molecule has 0 aliphatic heterocycles. The molecule has 41 heavy (non-hydrogen) atoms. The monoisotopic (exact) mass is 526 g/mol. The lowest BCUT2D eigenvalue weighted by atomic mass is 9.99. The molecule has 7 aromatic rings. The first-order chi connectivity index (χ1) is 20.3. The Labute approximate surface area is 241 Å². The van der Waals surface area contributed by atoms with Gasteiger partial charge in [-0.25, -0.2) is 0 Å². The summed E-state index contributed by atoms with van der Waals surface area (Å²) >= 11 is 0. The highest BCUT2D eigenvalue weighted by atomic mass is 15.1. The predicted octanol–water partition coefficient (Wildman–Crippen LogP) is 10.9. The number of hydrogen-bond acceptors (Lipinski definition) is 2. The second-order valence-electron chi connectivity index (χ2n) is 10.3. The van der Waals surface area contributed by atoms with Crippen molar-refractivity contribution in [2.75, 3.05) is 16.8 Å². The molecule has 0 radical (unpaired) electrons. The van der Waals surface area contributed by atoms with Crippen molar-refractivity contribution in [3.8, 4) is 11.1 Å². The predicted molar refractivity (Wildman–Crippen MR) is 176 cm³/mol. The zero-order chi connectivity index (χ0) is 27.6. The van der Waals surface area contributed by atoms with E-state index in [1.54, 1.807) is 0 Å². The fourth-order valence-electron chi connectivity index (χ4n) is 5.73. The SMILES string of the molecule is CN(c1ccc(-c2ccc(N(c3ccccc3)c3ccccc3)cc2)cc1)c1cc2ccccc2c2ccccc12. The van der Waals surface area contributed by atoms with Crippen molar-refractivity contribution < 1.29 is 0 Å². The van der Waals surface area contributed by atoms with E-state index in [0.29, 0.717) is 0 Å². The van der Waals surface area contributed by atoms with E-state index in [-0.39, 0.29) is 0 Å². The molecule has 0 saturated heterocycles. The number of para-hydroxylation sites is 2. The lowest BCUT2D eigenvalue weighted by molar-refractivity contribution is 1.22. The Morgan fingerprint density at radius 2 is 0.805 bits per heavy atom. The molecule has 0 N–H and O–H groups in total. The van der Waals surface area contributed by atoms with Gasteiger partial charge in [0.2, 0.25) is 0 Å². The number of anilines is 5. The molecule has 0 aliphatic rings. The first kappa shape index (κ1) is 24.7. The molecule has 2 heteroatoms. The van der Waals surface area contributed by atoms with Crippen LogP contribution in [0.15, 0.2) is 164 Å². The number of rotatable bonds is 6. The molecule has 2 nitrogen and oxygen atoms in total. The quantitative estimate of drug-likeness (QED) is 0.199. The maximum Gasteiger partial charge on any atom is 0.0494 e. The Hall–Kier alpha value is -5.34. The highest BCUT2D eigenvalue weighted by molar-refractivity contribution is 6.13. The maximum absolute atomic E-state index is 2.30. The van der Waals surface area contributed by atoms with Crippen molar-refractivity contribution >= 4 is 50.0 Å². The van der Waals surface area contributed by atoms with Gasteiger partial charge in [-0.2, -0.15) is 0 Å². The van der Waals surface area contributed by atoms with Gasteiger partial charge in [0.25, 0.3) is 0 Å². The van der Waals surface area contributed by atoms with Crippen molar-refractivity contribution in [3.05, 3.63) is 164 Å². The van der Waals surface area contributed by atoms with Crippen molar-refractivity contribution in [3.63, 3.8) is 0 Å². The average Bonchev–Trinajstić information content (AvgIpc) is 3.06. The minimum Gasteiger partial charge on any atom is -0.344 e. The van der Waals surface area contributed by atoms with Crippen molar-refractivity contribution in [1.82, 2.24) is 0 Å². The summed E-state index contributed by atoms with van der Waals surface area (Å²) in [5.41, 5.74) is 8.16. The molecule has 0 unspecified atom stereocenters. The summed E-state index contributed by atoms with van der Waals surface area (Å²) in [6.07, 6.45) is 0. The number of nitrogens with zero attached hydrogens (tertiary/aromatic N) is 2. The summed E-state index contributed by atoms with van der Waals surface area (Å²) in [6, 6.07) is 58.4. The van der Waals surface area contributed by atoms with Gasteiger partial charge in [-0.15, -0.1) is 0 Å². The summed E-state index contributed by atoms with van der Waals surface area (Å²) in [4.78, 5) is 4.58. The summed E-state index contributed by atoms with van der Waals surface area (Å²) in [5.74, 6) is 0. The zero-order valence-corrected chi connectivity index (χ0v) is 23.0. The molecule has 7 rings (SSSR count). The third-order valence-electron chi connectivity index (χ3n) is 7.85. The van der Waals surface area contributed by atoms with Crippen LogP contribution in [0.5, 0.6) is 0 Å². The molecule has 196 valence electrons. The molecular formula is C39H30N2. The van der Waals surface area contributed by atoms with E-state index in [0.717, 1.165) is 22.7 Å². The van der Waals surface area contributed by atoms with E-state index in [2.05, 4.69) is 181 Å². The molecule has 0 bridgehead atoms. The molecule has 0 heterocycles. The highest BCUT2D eigenvalue weighted by Crippen LogP contribution is 2.38. The minimum atomic E-state index is 1.13. The summed E-state index contributed by atoms with van der Waals surface area (Å²) in [5, 5.41) is 5.08. The van der Waals surface area contributed by atoms with Crippen LogP contribution in [-0.4, -0.2) is 7.05 Å². The van der Waals surface area contributed by atoms with E-state index in [9.17, 15) is 0 Å². The van der Waals surface area contributed by atoms with E-state index in [1.807, 2.05) is 0 Å². The molecule has 0 spiro atoms. The Morgan fingerprint density at radius 3 is 1.39 bits per heavy atom. The molecule has 0 aliphatic carbocycles. The van der Waals surface area contributed by atoms with Crippen LogP contribution < -0.4 is 9.80 Å². The fourth-order valence-corrected chi connectivity index (χ4v) is 5.73. The van der Waals surface area contributed by atoms with Crippen LogP contribution in [0.25, 0.3) is 32.7 Å². The maximum atomic E-state index is 2.30. The van der Waals surface area contributed by atoms with Crippen LogP contribution in [0.1, 0.15) is 0 Å². The van der Waals surface area contributed by atoms with Crippen LogP contribution in [0.2, 0.25) is 0 Å². The zero-order valence-electron chi connectivity index (χ0n) is 23.0. The Morgan fingerprint density at radius 1 is 0.366 bits per heavy atom. The van der Waals surface area contributed by atoms with Crippen LogP contribution in [0.3, 0.4) is 0 Å². The van der Waals surface area contributed by atoms with E-state index in [4.69, 9.17) is 0 Å². The first-order valence-electron chi connectivity index (χ1n) is 14.0. The fraction of sp³-hybridized carbons (Fsp3) is 0.0256. The van der Waals surface area contributed by atoms with Gasteiger partial charge in [0.1, 0.15) is 0 Å². The van der Waals surface area contributed by atoms with Crippen molar-refractivity contribution in [1.29, 1.82) is 0 Å². The smallest absolute Gasteiger partial charge is 0.0494 e. The summed E-state index contributed by atoms with van der Waals surface area (Å²) in [7, 11) is 2.15. The Bertz CT molecular complexity index is 1890. The second-order valence-corrected chi connectivity index (χ2v) is 10.3. The van der Waals surface area contributed by atoms with Gasteiger partial charge in [0, 0.05) is 40.9 Å². The Kier molecular flexibility index (Phi) is 6.42. The normalized spacial score (nSPS) is 11.0. The van der Waals surface area contributed by atoms with E-state index < -0.39 is 0 Å². The van der Waals surface area contributed by atoms with Crippen molar-refractivity contribution in [2.24, 2.45) is 0 Å². The van der Waals surface area contributed by atoms with Crippen LogP contribution in [0, 0.1) is 0 Å². The molecule has 0 saturated carbocycles. The van der Waals surface area contributed by atoms with E-state index in [1.165, 1.54) is 38.4 Å².